The van der Waals surface area contributed by atoms with E-state index in [-0.39, 0.29) is 30.0 Å². The number of guanidine groups is 1. The van der Waals surface area contributed by atoms with Gasteiger partial charge in [0.25, 0.3) is 0 Å². The van der Waals surface area contributed by atoms with Crippen molar-refractivity contribution in [1.82, 2.24) is 15.6 Å². The normalized spacial score (nSPS) is 12.5. The zero-order valence-corrected chi connectivity index (χ0v) is 17.9. The van der Waals surface area contributed by atoms with Gasteiger partial charge in [0, 0.05) is 30.2 Å². The first-order chi connectivity index (χ1) is 12.2. The van der Waals surface area contributed by atoms with E-state index in [1.165, 1.54) is 27.7 Å². The van der Waals surface area contributed by atoms with Crippen molar-refractivity contribution >= 4 is 40.8 Å². The Morgan fingerprint density at radius 3 is 2.50 bits per heavy atom. The van der Waals surface area contributed by atoms with E-state index < -0.39 is 0 Å². The Morgan fingerprint density at radius 1 is 1.08 bits per heavy atom. The molecule has 5 heteroatoms. The molecule has 1 atom stereocenters. The molecular weight excluding hydrogens is 435 g/mol. The van der Waals surface area contributed by atoms with Crippen molar-refractivity contribution in [2.75, 3.05) is 13.6 Å². The third-order valence-electron chi connectivity index (χ3n) is 4.57. The van der Waals surface area contributed by atoms with Crippen molar-refractivity contribution in [3.8, 4) is 0 Å². The van der Waals surface area contributed by atoms with Gasteiger partial charge in [0.15, 0.2) is 5.96 Å². The Kier molecular flexibility index (Phi) is 7.50. The summed E-state index contributed by atoms with van der Waals surface area (Å²) in [6.07, 6.45) is 0.955. The molecule has 0 aliphatic rings. The van der Waals surface area contributed by atoms with Crippen molar-refractivity contribution < 1.29 is 0 Å². The van der Waals surface area contributed by atoms with Crippen LogP contribution in [0.25, 0.3) is 10.9 Å². The minimum Gasteiger partial charge on any atom is -0.358 e. The first-order valence-corrected chi connectivity index (χ1v) is 8.77. The molecule has 2 aromatic carbocycles. The van der Waals surface area contributed by atoms with Crippen LogP contribution in [0.15, 0.2) is 59.6 Å². The number of aliphatic imine (C=N–C) groups is 1. The zero-order valence-electron chi connectivity index (χ0n) is 15.5. The van der Waals surface area contributed by atoms with Crippen LogP contribution >= 0.6 is 24.0 Å². The maximum absolute atomic E-state index is 4.34. The predicted molar refractivity (Wildman–Crippen MR) is 122 cm³/mol. The molecule has 0 spiro atoms. The standard InChI is InChI=1S/C21H26N4.HI/c1-15(17-9-5-4-6-10-17)25-21(22-3)23-14-13-18-16(2)24-20-12-8-7-11-19(18)20;/h4-12,15,24H,13-14H2,1-3H3,(H2,22,23,25);1H. The molecule has 0 amide bonds. The second-order valence-electron chi connectivity index (χ2n) is 6.30. The smallest absolute Gasteiger partial charge is 0.191 e. The molecule has 0 aliphatic heterocycles. The van der Waals surface area contributed by atoms with Crippen LogP contribution in [0, 0.1) is 6.92 Å². The van der Waals surface area contributed by atoms with Gasteiger partial charge in [-0.1, -0.05) is 48.5 Å². The highest BCUT2D eigenvalue weighted by atomic mass is 127. The molecule has 0 fully saturated rings. The summed E-state index contributed by atoms with van der Waals surface area (Å²) in [7, 11) is 1.81. The van der Waals surface area contributed by atoms with Crippen LogP contribution in [0.5, 0.6) is 0 Å². The maximum Gasteiger partial charge on any atom is 0.191 e. The maximum atomic E-state index is 4.34. The molecule has 0 saturated heterocycles. The van der Waals surface area contributed by atoms with Gasteiger partial charge in [-0.25, -0.2) is 0 Å². The summed E-state index contributed by atoms with van der Waals surface area (Å²) in [5.74, 6) is 0.828. The second kappa shape index (κ2) is 9.62. The van der Waals surface area contributed by atoms with Crippen LogP contribution in [0.2, 0.25) is 0 Å². The number of aryl methyl sites for hydroxylation is 1. The average Bonchev–Trinajstić information content (AvgIpc) is 2.97. The lowest BCUT2D eigenvalue weighted by Gasteiger charge is -2.18. The van der Waals surface area contributed by atoms with Gasteiger partial charge in [-0.05, 0) is 37.5 Å². The molecule has 3 N–H and O–H groups in total. The monoisotopic (exact) mass is 462 g/mol. The van der Waals surface area contributed by atoms with Crippen molar-refractivity contribution in [2.45, 2.75) is 26.3 Å². The van der Waals surface area contributed by atoms with Crippen molar-refractivity contribution in [1.29, 1.82) is 0 Å². The number of benzene rings is 2. The molecule has 1 unspecified atom stereocenters. The molecule has 26 heavy (non-hydrogen) atoms. The summed E-state index contributed by atoms with van der Waals surface area (Å²) in [4.78, 5) is 7.80. The van der Waals surface area contributed by atoms with Gasteiger partial charge in [-0.15, -0.1) is 24.0 Å². The third kappa shape index (κ3) is 4.78. The molecule has 4 nitrogen and oxygen atoms in total. The van der Waals surface area contributed by atoms with Crippen LogP contribution in [-0.2, 0) is 6.42 Å². The van der Waals surface area contributed by atoms with Gasteiger partial charge >= 0.3 is 0 Å². The summed E-state index contributed by atoms with van der Waals surface area (Å²) < 4.78 is 0. The van der Waals surface area contributed by atoms with Crippen LogP contribution in [0.4, 0.5) is 0 Å². The van der Waals surface area contributed by atoms with Gasteiger partial charge in [0.1, 0.15) is 0 Å². The number of hydrogen-bond donors (Lipinski definition) is 3. The van der Waals surface area contributed by atoms with E-state index in [9.17, 15) is 0 Å². The van der Waals surface area contributed by atoms with Crippen molar-refractivity contribution in [2.24, 2.45) is 4.99 Å². The Balaban J connectivity index is 0.00000243. The number of halogens is 1. The molecule has 1 heterocycles. The van der Waals surface area contributed by atoms with E-state index in [2.05, 4.69) is 83.0 Å². The first-order valence-electron chi connectivity index (χ1n) is 8.77. The molecule has 138 valence electrons. The lowest BCUT2D eigenvalue weighted by Crippen LogP contribution is -2.39. The number of aromatic amines is 1. The third-order valence-corrected chi connectivity index (χ3v) is 4.57. The molecular formula is C21H27IN4. The van der Waals surface area contributed by atoms with Gasteiger partial charge in [-0.3, -0.25) is 4.99 Å². The first kappa shape index (κ1) is 20.3. The van der Waals surface area contributed by atoms with E-state index in [1.54, 1.807) is 0 Å². The number of para-hydroxylation sites is 1. The zero-order chi connectivity index (χ0) is 17.6. The molecule has 1 aromatic heterocycles. The van der Waals surface area contributed by atoms with E-state index in [4.69, 9.17) is 0 Å². The summed E-state index contributed by atoms with van der Waals surface area (Å²) in [6.45, 7) is 5.12. The predicted octanol–water partition coefficient (Wildman–Crippen LogP) is 4.56. The lowest BCUT2D eigenvalue weighted by atomic mass is 10.1. The number of rotatable bonds is 5. The largest absolute Gasteiger partial charge is 0.358 e. The number of hydrogen-bond acceptors (Lipinski definition) is 1. The number of H-pyrrole nitrogens is 1. The summed E-state index contributed by atoms with van der Waals surface area (Å²) in [5, 5.41) is 8.18. The summed E-state index contributed by atoms with van der Waals surface area (Å²) in [5.41, 5.74) is 5.06. The van der Waals surface area contributed by atoms with Crippen LogP contribution in [-0.4, -0.2) is 24.5 Å². The Hall–Kier alpha value is -2.02. The Labute approximate surface area is 172 Å². The second-order valence-corrected chi connectivity index (χ2v) is 6.30. The molecule has 0 aliphatic carbocycles. The van der Waals surface area contributed by atoms with Gasteiger partial charge in [0.2, 0.25) is 0 Å². The fourth-order valence-corrected chi connectivity index (χ4v) is 3.19. The molecule has 0 bridgehead atoms. The quantitative estimate of drug-likeness (QED) is 0.296. The molecule has 3 rings (SSSR count). The highest BCUT2D eigenvalue weighted by Crippen LogP contribution is 2.21. The topological polar surface area (TPSA) is 52.2 Å². The number of aromatic nitrogens is 1. The molecule has 0 saturated carbocycles. The van der Waals surface area contributed by atoms with E-state index in [0.717, 1.165) is 18.9 Å². The van der Waals surface area contributed by atoms with Crippen LogP contribution < -0.4 is 10.6 Å². The summed E-state index contributed by atoms with van der Waals surface area (Å²) in [6, 6.07) is 19.1. The van der Waals surface area contributed by atoms with E-state index in [0.29, 0.717) is 0 Å². The minimum atomic E-state index is 0. The fourth-order valence-electron chi connectivity index (χ4n) is 3.19. The Morgan fingerprint density at radius 2 is 1.77 bits per heavy atom. The number of fused-ring (bicyclic) bond motifs is 1. The van der Waals surface area contributed by atoms with Crippen molar-refractivity contribution in [3.63, 3.8) is 0 Å². The molecule has 0 radical (unpaired) electrons. The van der Waals surface area contributed by atoms with Gasteiger partial charge < -0.3 is 15.6 Å². The Bertz CT molecular complexity index is 855. The van der Waals surface area contributed by atoms with Gasteiger partial charge in [0.05, 0.1) is 6.04 Å². The number of nitrogens with zero attached hydrogens (tertiary/aromatic N) is 1. The van der Waals surface area contributed by atoms with E-state index >= 15 is 0 Å². The highest BCUT2D eigenvalue weighted by molar-refractivity contribution is 14.0. The highest BCUT2D eigenvalue weighted by Gasteiger charge is 2.09. The summed E-state index contributed by atoms with van der Waals surface area (Å²) >= 11 is 0. The van der Waals surface area contributed by atoms with Crippen LogP contribution in [0.3, 0.4) is 0 Å². The van der Waals surface area contributed by atoms with Crippen LogP contribution in [0.1, 0.15) is 29.8 Å². The molecule has 3 aromatic rings. The number of nitrogens with one attached hydrogen (secondary N) is 3. The minimum absolute atomic E-state index is 0. The average molecular weight is 462 g/mol. The van der Waals surface area contributed by atoms with Gasteiger partial charge in [-0.2, -0.15) is 0 Å². The SMILES string of the molecule is CN=C(NCCc1c(C)[nH]c2ccccc12)NC(C)c1ccccc1.I. The van der Waals surface area contributed by atoms with E-state index in [1.807, 2.05) is 13.1 Å². The fraction of sp³-hybridized carbons (Fsp3) is 0.286. The lowest BCUT2D eigenvalue weighted by molar-refractivity contribution is 0.684. The van der Waals surface area contributed by atoms with Crippen molar-refractivity contribution in [3.05, 3.63) is 71.4 Å².